The van der Waals surface area contributed by atoms with Gasteiger partial charge < -0.3 is 10.1 Å². The number of esters is 1. The van der Waals surface area contributed by atoms with Gasteiger partial charge in [-0.25, -0.2) is 4.79 Å². The number of rotatable bonds is 6. The molecule has 0 bridgehead atoms. The standard InChI is InChI=1S/C25H24ClNO3S/c1-30-25(29)23-21(19-11-10-17-6-2-3-7-18(17)14-19)15-31-24(23)27-22(28)12-9-16-5-4-8-20(26)13-16/h4-5,8,10-11,13-15H,2-3,6-7,9,12H2,1H3,(H,27,28). The van der Waals surface area contributed by atoms with Crippen LogP contribution in [0.2, 0.25) is 5.02 Å². The summed E-state index contributed by atoms with van der Waals surface area (Å²) in [4.78, 5) is 25.2. The van der Waals surface area contributed by atoms with E-state index in [1.807, 2.05) is 29.6 Å². The minimum atomic E-state index is -0.445. The van der Waals surface area contributed by atoms with Gasteiger partial charge in [0, 0.05) is 22.4 Å². The Morgan fingerprint density at radius 3 is 2.68 bits per heavy atom. The molecule has 0 saturated carbocycles. The van der Waals surface area contributed by atoms with Gasteiger partial charge in [-0.3, -0.25) is 4.79 Å². The van der Waals surface area contributed by atoms with Gasteiger partial charge in [0.05, 0.1) is 7.11 Å². The summed E-state index contributed by atoms with van der Waals surface area (Å²) in [5, 5.41) is 6.00. The normalized spacial score (nSPS) is 12.8. The quantitative estimate of drug-likeness (QED) is 0.445. The van der Waals surface area contributed by atoms with Gasteiger partial charge >= 0.3 is 5.97 Å². The minimum Gasteiger partial charge on any atom is -0.465 e. The number of hydrogen-bond donors (Lipinski definition) is 1. The molecule has 0 aliphatic heterocycles. The van der Waals surface area contributed by atoms with Crippen LogP contribution in [0.15, 0.2) is 47.8 Å². The van der Waals surface area contributed by atoms with E-state index in [4.69, 9.17) is 16.3 Å². The van der Waals surface area contributed by atoms with Crippen molar-refractivity contribution in [2.24, 2.45) is 0 Å². The van der Waals surface area contributed by atoms with E-state index in [0.29, 0.717) is 28.4 Å². The summed E-state index contributed by atoms with van der Waals surface area (Å²) in [7, 11) is 1.36. The highest BCUT2D eigenvalue weighted by Gasteiger charge is 2.23. The summed E-state index contributed by atoms with van der Waals surface area (Å²) in [6.07, 6.45) is 5.46. The second-order valence-corrected chi connectivity index (χ2v) is 9.03. The number of halogens is 1. The SMILES string of the molecule is COC(=O)c1c(-c2ccc3c(c2)CCCC3)csc1NC(=O)CCc1cccc(Cl)c1. The van der Waals surface area contributed by atoms with Crippen LogP contribution >= 0.6 is 22.9 Å². The molecule has 1 aliphatic rings. The topological polar surface area (TPSA) is 55.4 Å². The second kappa shape index (κ2) is 9.67. The van der Waals surface area contributed by atoms with E-state index in [9.17, 15) is 9.59 Å². The first-order valence-corrected chi connectivity index (χ1v) is 11.7. The van der Waals surface area contributed by atoms with Crippen LogP contribution in [0.25, 0.3) is 11.1 Å². The third-order valence-corrected chi connectivity index (χ3v) is 6.75. The van der Waals surface area contributed by atoms with Crippen molar-refractivity contribution < 1.29 is 14.3 Å². The molecule has 31 heavy (non-hydrogen) atoms. The lowest BCUT2D eigenvalue weighted by Crippen LogP contribution is -2.14. The van der Waals surface area contributed by atoms with Crippen LogP contribution in [0, 0.1) is 0 Å². The molecule has 160 valence electrons. The average Bonchev–Trinajstić information content (AvgIpc) is 3.20. The lowest BCUT2D eigenvalue weighted by atomic mass is 9.89. The number of fused-ring (bicyclic) bond motifs is 1. The maximum absolute atomic E-state index is 12.6. The van der Waals surface area contributed by atoms with Crippen LogP contribution in [0.1, 0.15) is 46.3 Å². The van der Waals surface area contributed by atoms with E-state index >= 15 is 0 Å². The van der Waals surface area contributed by atoms with Crippen LogP contribution in [-0.2, 0) is 28.8 Å². The molecule has 0 atom stereocenters. The van der Waals surface area contributed by atoms with Crippen LogP contribution in [0.5, 0.6) is 0 Å². The monoisotopic (exact) mass is 453 g/mol. The van der Waals surface area contributed by atoms with Gasteiger partial charge in [-0.15, -0.1) is 11.3 Å². The molecule has 6 heteroatoms. The number of amides is 1. The van der Waals surface area contributed by atoms with Crippen LogP contribution < -0.4 is 5.32 Å². The second-order valence-electron chi connectivity index (χ2n) is 7.71. The van der Waals surface area contributed by atoms with Gasteiger partial charge in [0.2, 0.25) is 5.91 Å². The Morgan fingerprint density at radius 1 is 1.10 bits per heavy atom. The van der Waals surface area contributed by atoms with Crippen molar-refractivity contribution in [3.05, 3.63) is 75.1 Å². The fraction of sp³-hybridized carbons (Fsp3) is 0.280. The Hall–Kier alpha value is -2.63. The molecule has 0 spiro atoms. The molecule has 1 aliphatic carbocycles. The van der Waals surface area contributed by atoms with E-state index in [1.54, 1.807) is 0 Å². The molecule has 1 aromatic heterocycles. The first-order chi connectivity index (χ1) is 15.0. The molecule has 1 heterocycles. The fourth-order valence-electron chi connectivity index (χ4n) is 4.01. The highest BCUT2D eigenvalue weighted by atomic mass is 35.5. The van der Waals surface area contributed by atoms with Gasteiger partial charge in [-0.2, -0.15) is 0 Å². The summed E-state index contributed by atoms with van der Waals surface area (Å²) in [6.45, 7) is 0. The molecule has 1 amide bonds. The minimum absolute atomic E-state index is 0.149. The number of carbonyl (C=O) groups excluding carboxylic acids is 2. The third kappa shape index (κ3) is 5.00. The highest BCUT2D eigenvalue weighted by molar-refractivity contribution is 7.15. The zero-order valence-corrected chi connectivity index (χ0v) is 18.9. The maximum atomic E-state index is 12.6. The number of thiophene rings is 1. The summed E-state index contributed by atoms with van der Waals surface area (Å²) in [5.41, 5.74) is 5.93. The molecule has 0 saturated heterocycles. The van der Waals surface area contributed by atoms with Gasteiger partial charge in [0.25, 0.3) is 0 Å². The number of benzene rings is 2. The van der Waals surface area contributed by atoms with Crippen LogP contribution in [0.3, 0.4) is 0 Å². The Labute approximate surface area is 191 Å². The fourth-order valence-corrected chi connectivity index (χ4v) is 5.19. The Balaban J connectivity index is 1.55. The predicted octanol–water partition coefficient (Wildman–Crippen LogP) is 6.31. The zero-order chi connectivity index (χ0) is 21.8. The Morgan fingerprint density at radius 2 is 1.90 bits per heavy atom. The Kier molecular flexibility index (Phi) is 6.73. The van der Waals surface area contributed by atoms with E-state index in [2.05, 4.69) is 23.5 Å². The summed E-state index contributed by atoms with van der Waals surface area (Å²) >= 11 is 7.37. The molecule has 0 fully saturated rings. The van der Waals surface area contributed by atoms with Crippen molar-refractivity contribution in [1.29, 1.82) is 0 Å². The molecular formula is C25H24ClNO3S. The number of anilines is 1. The lowest BCUT2D eigenvalue weighted by Gasteiger charge is -2.16. The summed E-state index contributed by atoms with van der Waals surface area (Å²) in [5.74, 6) is -0.594. The van der Waals surface area contributed by atoms with Gasteiger partial charge in [0.1, 0.15) is 10.6 Å². The number of hydrogen-bond acceptors (Lipinski definition) is 4. The average molecular weight is 454 g/mol. The third-order valence-electron chi connectivity index (χ3n) is 5.62. The maximum Gasteiger partial charge on any atom is 0.341 e. The molecule has 0 radical (unpaired) electrons. The van der Waals surface area contributed by atoms with E-state index in [0.717, 1.165) is 29.5 Å². The van der Waals surface area contributed by atoms with E-state index < -0.39 is 5.97 Å². The molecule has 1 N–H and O–H groups in total. The summed E-state index contributed by atoms with van der Waals surface area (Å²) in [6, 6.07) is 13.9. The molecule has 3 aromatic rings. The molecular weight excluding hydrogens is 430 g/mol. The number of aryl methyl sites for hydroxylation is 3. The van der Waals surface area contributed by atoms with Gasteiger partial charge in [-0.1, -0.05) is 41.9 Å². The largest absolute Gasteiger partial charge is 0.465 e. The smallest absolute Gasteiger partial charge is 0.341 e. The number of ether oxygens (including phenoxy) is 1. The van der Waals surface area contributed by atoms with Crippen LogP contribution in [-0.4, -0.2) is 19.0 Å². The van der Waals surface area contributed by atoms with Crippen LogP contribution in [0.4, 0.5) is 5.00 Å². The van der Waals surface area contributed by atoms with Crippen molar-refractivity contribution in [2.45, 2.75) is 38.5 Å². The lowest BCUT2D eigenvalue weighted by molar-refractivity contribution is -0.116. The first-order valence-electron chi connectivity index (χ1n) is 10.4. The molecule has 4 nitrogen and oxygen atoms in total. The molecule has 2 aromatic carbocycles. The molecule has 0 unspecified atom stereocenters. The zero-order valence-electron chi connectivity index (χ0n) is 17.4. The van der Waals surface area contributed by atoms with Crippen molar-refractivity contribution in [2.75, 3.05) is 12.4 Å². The van der Waals surface area contributed by atoms with E-state index in [-0.39, 0.29) is 5.91 Å². The highest BCUT2D eigenvalue weighted by Crippen LogP contribution is 2.37. The van der Waals surface area contributed by atoms with Crippen molar-refractivity contribution in [3.8, 4) is 11.1 Å². The number of methoxy groups -OCH3 is 1. The summed E-state index contributed by atoms with van der Waals surface area (Å²) < 4.78 is 5.04. The number of nitrogens with one attached hydrogen (secondary N) is 1. The predicted molar refractivity (Wildman–Crippen MR) is 126 cm³/mol. The number of carbonyl (C=O) groups is 2. The van der Waals surface area contributed by atoms with Crippen molar-refractivity contribution in [1.82, 2.24) is 0 Å². The van der Waals surface area contributed by atoms with Gasteiger partial charge in [-0.05, 0) is 66.5 Å². The first kappa shape index (κ1) is 21.6. The Bertz CT molecular complexity index is 1120. The van der Waals surface area contributed by atoms with Crippen molar-refractivity contribution in [3.63, 3.8) is 0 Å². The van der Waals surface area contributed by atoms with E-state index in [1.165, 1.54) is 42.4 Å². The van der Waals surface area contributed by atoms with Crippen molar-refractivity contribution >= 4 is 39.8 Å². The molecule has 4 rings (SSSR count). The van der Waals surface area contributed by atoms with Gasteiger partial charge in [0.15, 0.2) is 0 Å².